The molecule has 128 valence electrons. The third-order valence-electron chi connectivity index (χ3n) is 4.37. The van der Waals surface area contributed by atoms with Gasteiger partial charge < -0.3 is 14.6 Å². The van der Waals surface area contributed by atoms with E-state index in [1.807, 2.05) is 24.3 Å². The van der Waals surface area contributed by atoms with Crippen molar-refractivity contribution in [2.75, 3.05) is 11.9 Å². The van der Waals surface area contributed by atoms with E-state index in [1.54, 1.807) is 29.8 Å². The molecular weight excluding hydrogens is 332 g/mol. The SMILES string of the molecule is Cn1c([C@@H](C#N)C(=O)c2cccc3c2OCC(=O)N3)nc2ccccc21. The van der Waals surface area contributed by atoms with Gasteiger partial charge in [0.1, 0.15) is 5.82 Å². The van der Waals surface area contributed by atoms with Gasteiger partial charge in [0.2, 0.25) is 0 Å². The average molecular weight is 346 g/mol. The molecule has 7 nitrogen and oxygen atoms in total. The Bertz CT molecular complexity index is 1090. The number of hydrogen-bond donors (Lipinski definition) is 1. The van der Waals surface area contributed by atoms with Gasteiger partial charge in [0.15, 0.2) is 24.1 Å². The lowest BCUT2D eigenvalue weighted by Crippen LogP contribution is -2.27. The van der Waals surface area contributed by atoms with Gasteiger partial charge in [-0.25, -0.2) is 4.98 Å². The maximum atomic E-state index is 13.1. The van der Waals surface area contributed by atoms with Gasteiger partial charge >= 0.3 is 0 Å². The Morgan fingerprint density at radius 1 is 1.31 bits per heavy atom. The number of benzene rings is 2. The summed E-state index contributed by atoms with van der Waals surface area (Å²) in [5.74, 6) is -1.12. The number of ether oxygens (including phenoxy) is 1. The highest BCUT2D eigenvalue weighted by Crippen LogP contribution is 2.35. The second-order valence-corrected chi connectivity index (χ2v) is 5.96. The fourth-order valence-electron chi connectivity index (χ4n) is 3.12. The molecule has 0 bridgehead atoms. The summed E-state index contributed by atoms with van der Waals surface area (Å²) in [4.78, 5) is 29.0. The smallest absolute Gasteiger partial charge is 0.262 e. The molecule has 0 spiro atoms. The Balaban J connectivity index is 1.80. The summed E-state index contributed by atoms with van der Waals surface area (Å²) in [7, 11) is 1.78. The van der Waals surface area contributed by atoms with E-state index in [0.717, 1.165) is 11.0 Å². The number of Topliss-reactive ketones (excluding diaryl/α,β-unsaturated/α-hetero) is 1. The number of amides is 1. The van der Waals surface area contributed by atoms with Crippen LogP contribution >= 0.6 is 0 Å². The average Bonchev–Trinajstić information content (AvgIpc) is 2.98. The van der Waals surface area contributed by atoms with Crippen LogP contribution in [0.25, 0.3) is 11.0 Å². The number of hydrogen-bond acceptors (Lipinski definition) is 5. The summed E-state index contributed by atoms with van der Waals surface area (Å²) in [6.07, 6.45) is 0. The van der Waals surface area contributed by atoms with Crippen LogP contribution in [0.15, 0.2) is 42.5 Å². The van der Waals surface area contributed by atoms with Crippen molar-refractivity contribution in [2.45, 2.75) is 5.92 Å². The van der Waals surface area contributed by atoms with Crippen LogP contribution in [0, 0.1) is 11.3 Å². The van der Waals surface area contributed by atoms with Gasteiger partial charge in [-0.05, 0) is 24.3 Å². The highest BCUT2D eigenvalue weighted by molar-refractivity contribution is 6.08. The van der Waals surface area contributed by atoms with E-state index in [4.69, 9.17) is 4.74 Å². The minimum absolute atomic E-state index is 0.166. The maximum absolute atomic E-state index is 13.1. The quantitative estimate of drug-likeness (QED) is 0.735. The van der Waals surface area contributed by atoms with Gasteiger partial charge in [-0.2, -0.15) is 5.26 Å². The van der Waals surface area contributed by atoms with E-state index < -0.39 is 11.7 Å². The number of nitrogens with zero attached hydrogens (tertiary/aromatic N) is 3. The van der Waals surface area contributed by atoms with Crippen molar-refractivity contribution in [2.24, 2.45) is 7.05 Å². The number of aromatic nitrogens is 2. The van der Waals surface area contributed by atoms with Crippen molar-refractivity contribution in [3.63, 3.8) is 0 Å². The Labute approximate surface area is 148 Å². The first-order valence-electron chi connectivity index (χ1n) is 8.01. The highest BCUT2D eigenvalue weighted by atomic mass is 16.5. The van der Waals surface area contributed by atoms with E-state index >= 15 is 0 Å². The molecule has 7 heteroatoms. The van der Waals surface area contributed by atoms with Gasteiger partial charge in [0.25, 0.3) is 5.91 Å². The van der Waals surface area contributed by atoms with Crippen LogP contribution in [0.4, 0.5) is 5.69 Å². The summed E-state index contributed by atoms with van der Waals surface area (Å²) < 4.78 is 7.19. The Kier molecular flexibility index (Phi) is 3.66. The largest absolute Gasteiger partial charge is 0.481 e. The Morgan fingerprint density at radius 2 is 2.12 bits per heavy atom. The zero-order chi connectivity index (χ0) is 18.3. The molecule has 0 aliphatic carbocycles. The molecule has 1 amide bonds. The fraction of sp³-hybridized carbons (Fsp3) is 0.158. The number of carbonyl (C=O) groups is 2. The van der Waals surface area contributed by atoms with Crippen LogP contribution in [-0.2, 0) is 11.8 Å². The molecule has 2 aromatic carbocycles. The van der Waals surface area contributed by atoms with Gasteiger partial charge in [-0.1, -0.05) is 18.2 Å². The van der Waals surface area contributed by atoms with E-state index in [1.165, 1.54) is 0 Å². The molecule has 1 aliphatic rings. The topological polar surface area (TPSA) is 97.0 Å². The number of imidazole rings is 1. The standard InChI is InChI=1S/C19H14N4O3/c1-23-15-8-3-2-6-13(15)22-19(23)12(9-20)17(25)11-5-4-7-14-18(11)26-10-16(24)21-14/h2-8,12H,10H2,1H3,(H,21,24)/t12-/m0/s1. The second-order valence-electron chi connectivity index (χ2n) is 5.96. The first kappa shape index (κ1) is 15.8. The van der Waals surface area contributed by atoms with Crippen molar-refractivity contribution in [1.29, 1.82) is 5.26 Å². The monoisotopic (exact) mass is 346 g/mol. The van der Waals surface area contributed by atoms with Crippen LogP contribution in [0.1, 0.15) is 22.1 Å². The number of para-hydroxylation sites is 3. The third-order valence-corrected chi connectivity index (χ3v) is 4.37. The van der Waals surface area contributed by atoms with Crippen LogP contribution in [-0.4, -0.2) is 27.8 Å². The number of nitriles is 1. The van der Waals surface area contributed by atoms with Gasteiger partial charge in [-0.3, -0.25) is 9.59 Å². The molecule has 1 aromatic heterocycles. The number of ketones is 1. The van der Waals surface area contributed by atoms with Crippen LogP contribution in [0.2, 0.25) is 0 Å². The number of nitrogens with one attached hydrogen (secondary N) is 1. The molecular formula is C19H14N4O3. The van der Waals surface area contributed by atoms with Crippen molar-refractivity contribution in [3.8, 4) is 11.8 Å². The van der Waals surface area contributed by atoms with Crippen molar-refractivity contribution in [3.05, 3.63) is 53.9 Å². The number of anilines is 1. The van der Waals surface area contributed by atoms with Gasteiger partial charge in [-0.15, -0.1) is 0 Å². The molecule has 26 heavy (non-hydrogen) atoms. The summed E-state index contributed by atoms with van der Waals surface area (Å²) in [5.41, 5.74) is 2.24. The third kappa shape index (κ3) is 2.40. The zero-order valence-corrected chi connectivity index (χ0v) is 13.9. The van der Waals surface area contributed by atoms with E-state index in [2.05, 4.69) is 16.4 Å². The lowest BCUT2D eigenvalue weighted by molar-refractivity contribution is -0.118. The van der Waals surface area contributed by atoms with Gasteiger partial charge in [0, 0.05) is 7.05 Å². The van der Waals surface area contributed by atoms with E-state index in [-0.39, 0.29) is 23.8 Å². The molecule has 0 radical (unpaired) electrons. The molecule has 0 fully saturated rings. The van der Waals surface area contributed by atoms with Crippen LogP contribution in [0.5, 0.6) is 5.75 Å². The summed E-state index contributed by atoms with van der Waals surface area (Å²) in [6, 6.07) is 14.4. The number of aryl methyl sites for hydroxylation is 1. The molecule has 4 rings (SSSR count). The minimum Gasteiger partial charge on any atom is -0.481 e. The minimum atomic E-state index is -1.08. The molecule has 0 unspecified atom stereocenters. The van der Waals surface area contributed by atoms with Crippen molar-refractivity contribution < 1.29 is 14.3 Å². The number of fused-ring (bicyclic) bond motifs is 2. The molecule has 3 aromatic rings. The molecule has 0 saturated heterocycles. The number of carbonyl (C=O) groups excluding carboxylic acids is 2. The summed E-state index contributed by atoms with van der Waals surface area (Å²) in [6.45, 7) is -0.166. The van der Waals surface area contributed by atoms with E-state index in [9.17, 15) is 14.9 Å². The maximum Gasteiger partial charge on any atom is 0.262 e. The summed E-state index contributed by atoms with van der Waals surface area (Å²) >= 11 is 0. The first-order valence-corrected chi connectivity index (χ1v) is 8.01. The predicted molar refractivity (Wildman–Crippen MR) is 94.0 cm³/mol. The Hall–Kier alpha value is -3.66. The molecule has 0 saturated carbocycles. The van der Waals surface area contributed by atoms with Crippen molar-refractivity contribution >= 4 is 28.4 Å². The molecule has 2 heterocycles. The lowest BCUT2D eigenvalue weighted by Gasteiger charge is -2.20. The molecule has 1 N–H and O–H groups in total. The Morgan fingerprint density at radius 3 is 2.88 bits per heavy atom. The van der Waals surface area contributed by atoms with Crippen LogP contribution < -0.4 is 10.1 Å². The highest BCUT2D eigenvalue weighted by Gasteiger charge is 2.31. The fourth-order valence-corrected chi connectivity index (χ4v) is 3.12. The molecule has 1 aliphatic heterocycles. The number of rotatable bonds is 3. The normalized spacial score (nSPS) is 14.1. The second kappa shape index (κ2) is 6.01. The van der Waals surface area contributed by atoms with Crippen LogP contribution in [0.3, 0.4) is 0 Å². The molecule has 1 atom stereocenters. The van der Waals surface area contributed by atoms with E-state index in [0.29, 0.717) is 11.5 Å². The predicted octanol–water partition coefficient (Wildman–Crippen LogP) is 2.39. The zero-order valence-electron chi connectivity index (χ0n) is 13.9. The van der Waals surface area contributed by atoms with Crippen molar-refractivity contribution in [1.82, 2.24) is 9.55 Å². The lowest BCUT2D eigenvalue weighted by atomic mass is 9.96. The first-order chi connectivity index (χ1) is 12.6. The summed E-state index contributed by atoms with van der Waals surface area (Å²) in [5, 5.41) is 12.3. The van der Waals surface area contributed by atoms with Gasteiger partial charge in [0.05, 0.1) is 28.4 Å².